The summed E-state index contributed by atoms with van der Waals surface area (Å²) in [5.74, 6) is -1.55. The standard InChI is InChI=1S/C18H15F3N2O5/c1-11-7-14(23(26)27)5-6-15(11)22-16(24)10-28-17(25)9-12-3-2-4-13(8-12)18(19,20)21/h2-8H,9-10H2,1H3,(H,22,24). The smallest absolute Gasteiger partial charge is 0.416 e. The van der Waals surface area contributed by atoms with Crippen LogP contribution < -0.4 is 5.32 Å². The lowest BCUT2D eigenvalue weighted by molar-refractivity contribution is -0.384. The largest absolute Gasteiger partial charge is 0.455 e. The highest BCUT2D eigenvalue weighted by molar-refractivity contribution is 5.93. The molecule has 0 aliphatic carbocycles. The zero-order chi connectivity index (χ0) is 20.9. The van der Waals surface area contributed by atoms with Crippen LogP contribution in [0.4, 0.5) is 24.5 Å². The summed E-state index contributed by atoms with van der Waals surface area (Å²) in [5, 5.41) is 13.1. The van der Waals surface area contributed by atoms with Gasteiger partial charge in [0.15, 0.2) is 6.61 Å². The van der Waals surface area contributed by atoms with Gasteiger partial charge in [0, 0.05) is 17.8 Å². The van der Waals surface area contributed by atoms with Crippen molar-refractivity contribution in [3.05, 3.63) is 69.3 Å². The number of hydrogen-bond donors (Lipinski definition) is 1. The molecular formula is C18H15F3N2O5. The van der Waals surface area contributed by atoms with E-state index in [1.54, 1.807) is 6.92 Å². The Kier molecular flexibility index (Phi) is 6.34. The van der Waals surface area contributed by atoms with Crippen LogP contribution in [0.15, 0.2) is 42.5 Å². The van der Waals surface area contributed by atoms with Crippen LogP contribution in [0.2, 0.25) is 0 Å². The summed E-state index contributed by atoms with van der Waals surface area (Å²) in [4.78, 5) is 33.7. The molecule has 2 aromatic rings. The number of rotatable bonds is 6. The first-order chi connectivity index (χ1) is 13.1. The molecule has 7 nitrogen and oxygen atoms in total. The van der Waals surface area contributed by atoms with Crippen molar-refractivity contribution in [3.8, 4) is 0 Å². The molecule has 28 heavy (non-hydrogen) atoms. The second-order valence-corrected chi connectivity index (χ2v) is 5.84. The Labute approximate surface area is 157 Å². The first-order valence-electron chi connectivity index (χ1n) is 7.93. The van der Waals surface area contributed by atoms with Gasteiger partial charge < -0.3 is 10.1 Å². The molecule has 0 unspecified atom stereocenters. The molecule has 0 spiro atoms. The lowest BCUT2D eigenvalue weighted by atomic mass is 10.1. The fourth-order valence-corrected chi connectivity index (χ4v) is 2.31. The lowest BCUT2D eigenvalue weighted by Crippen LogP contribution is -2.22. The summed E-state index contributed by atoms with van der Waals surface area (Å²) >= 11 is 0. The molecule has 2 rings (SSSR count). The monoisotopic (exact) mass is 396 g/mol. The van der Waals surface area contributed by atoms with E-state index in [0.717, 1.165) is 12.1 Å². The van der Waals surface area contributed by atoms with Gasteiger partial charge in [-0.05, 0) is 30.2 Å². The third-order valence-electron chi connectivity index (χ3n) is 3.66. The van der Waals surface area contributed by atoms with E-state index in [2.05, 4.69) is 5.32 Å². The van der Waals surface area contributed by atoms with Crippen LogP contribution in [-0.2, 0) is 26.9 Å². The van der Waals surface area contributed by atoms with Crippen molar-refractivity contribution in [1.82, 2.24) is 0 Å². The maximum Gasteiger partial charge on any atom is 0.416 e. The Balaban J connectivity index is 1.89. The predicted octanol–water partition coefficient (Wildman–Crippen LogP) is 3.65. The average Bonchev–Trinajstić information content (AvgIpc) is 2.61. The fourth-order valence-electron chi connectivity index (χ4n) is 2.31. The number of ether oxygens (including phenoxy) is 1. The van der Waals surface area contributed by atoms with Crippen molar-refractivity contribution < 1.29 is 32.4 Å². The molecule has 0 heterocycles. The molecule has 1 amide bonds. The molecule has 0 saturated heterocycles. The fraction of sp³-hybridized carbons (Fsp3) is 0.222. The SMILES string of the molecule is Cc1cc([N+](=O)[O-])ccc1NC(=O)COC(=O)Cc1cccc(C(F)(F)F)c1. The van der Waals surface area contributed by atoms with Crippen LogP contribution in [0.25, 0.3) is 0 Å². The maximum absolute atomic E-state index is 12.7. The number of anilines is 1. The van der Waals surface area contributed by atoms with Gasteiger partial charge in [0.05, 0.1) is 16.9 Å². The number of carbonyl (C=O) groups is 2. The van der Waals surface area contributed by atoms with Crippen LogP contribution in [0.5, 0.6) is 0 Å². The van der Waals surface area contributed by atoms with Crippen LogP contribution in [0, 0.1) is 17.0 Å². The van der Waals surface area contributed by atoms with E-state index in [-0.39, 0.29) is 11.3 Å². The van der Waals surface area contributed by atoms with Crippen molar-refractivity contribution in [2.24, 2.45) is 0 Å². The molecule has 0 aliphatic rings. The third-order valence-corrected chi connectivity index (χ3v) is 3.66. The number of non-ortho nitro benzene ring substituents is 1. The summed E-state index contributed by atoms with van der Waals surface area (Å²) < 4.78 is 42.8. The molecule has 0 atom stereocenters. The number of benzene rings is 2. The number of esters is 1. The van der Waals surface area contributed by atoms with E-state index in [0.29, 0.717) is 11.3 Å². The van der Waals surface area contributed by atoms with Crippen molar-refractivity contribution >= 4 is 23.3 Å². The minimum atomic E-state index is -4.53. The van der Waals surface area contributed by atoms with Crippen LogP contribution in [-0.4, -0.2) is 23.4 Å². The molecule has 0 bridgehead atoms. The first kappa shape index (κ1) is 20.9. The average molecular weight is 396 g/mol. The number of halogens is 3. The van der Waals surface area contributed by atoms with Gasteiger partial charge in [-0.2, -0.15) is 13.2 Å². The van der Waals surface area contributed by atoms with E-state index in [4.69, 9.17) is 4.74 Å². The number of nitro groups is 1. The summed E-state index contributed by atoms with van der Waals surface area (Å²) in [7, 11) is 0. The highest BCUT2D eigenvalue weighted by Crippen LogP contribution is 2.29. The summed E-state index contributed by atoms with van der Waals surface area (Å²) in [5.41, 5.74) is -0.166. The Morgan fingerprint density at radius 2 is 1.89 bits per heavy atom. The maximum atomic E-state index is 12.7. The van der Waals surface area contributed by atoms with E-state index < -0.39 is 41.6 Å². The quantitative estimate of drug-likeness (QED) is 0.457. The lowest BCUT2D eigenvalue weighted by Gasteiger charge is -2.10. The van der Waals surface area contributed by atoms with Crippen molar-refractivity contribution in [1.29, 1.82) is 0 Å². The van der Waals surface area contributed by atoms with Crippen molar-refractivity contribution in [2.75, 3.05) is 11.9 Å². The Bertz CT molecular complexity index is 912. The Morgan fingerprint density at radius 1 is 1.18 bits per heavy atom. The van der Waals surface area contributed by atoms with Gasteiger partial charge in [0.2, 0.25) is 0 Å². The number of nitrogens with one attached hydrogen (secondary N) is 1. The predicted molar refractivity (Wildman–Crippen MR) is 92.6 cm³/mol. The molecule has 0 radical (unpaired) electrons. The number of hydrogen-bond acceptors (Lipinski definition) is 5. The molecule has 1 N–H and O–H groups in total. The molecule has 10 heteroatoms. The topological polar surface area (TPSA) is 98.5 Å². The van der Waals surface area contributed by atoms with Gasteiger partial charge in [0.1, 0.15) is 0 Å². The third kappa shape index (κ3) is 5.79. The highest BCUT2D eigenvalue weighted by atomic mass is 19.4. The van der Waals surface area contributed by atoms with Gasteiger partial charge in [-0.3, -0.25) is 19.7 Å². The zero-order valence-electron chi connectivity index (χ0n) is 14.6. The number of carbonyl (C=O) groups excluding carboxylic acids is 2. The summed E-state index contributed by atoms with van der Waals surface area (Å²) in [6, 6.07) is 8.07. The van der Waals surface area contributed by atoms with Gasteiger partial charge in [-0.15, -0.1) is 0 Å². The van der Waals surface area contributed by atoms with Gasteiger partial charge in [-0.1, -0.05) is 18.2 Å². The number of amides is 1. The van der Waals surface area contributed by atoms with Crippen LogP contribution >= 0.6 is 0 Å². The second kappa shape index (κ2) is 8.51. The van der Waals surface area contributed by atoms with Crippen LogP contribution in [0.3, 0.4) is 0 Å². The number of nitrogens with zero attached hydrogens (tertiary/aromatic N) is 1. The number of nitro benzene ring substituents is 1. The minimum absolute atomic E-state index is 0.103. The Morgan fingerprint density at radius 3 is 2.50 bits per heavy atom. The molecular weight excluding hydrogens is 381 g/mol. The molecule has 2 aromatic carbocycles. The van der Waals surface area contributed by atoms with E-state index in [1.807, 2.05) is 0 Å². The highest BCUT2D eigenvalue weighted by Gasteiger charge is 2.30. The van der Waals surface area contributed by atoms with E-state index in [9.17, 15) is 32.9 Å². The minimum Gasteiger partial charge on any atom is -0.455 e. The van der Waals surface area contributed by atoms with Crippen molar-refractivity contribution in [2.45, 2.75) is 19.5 Å². The summed E-state index contributed by atoms with van der Waals surface area (Å²) in [6.07, 6.45) is -4.95. The molecule has 0 fully saturated rings. The summed E-state index contributed by atoms with van der Waals surface area (Å²) in [6.45, 7) is 0.913. The second-order valence-electron chi connectivity index (χ2n) is 5.84. The van der Waals surface area contributed by atoms with Gasteiger partial charge >= 0.3 is 12.1 Å². The molecule has 0 saturated carbocycles. The van der Waals surface area contributed by atoms with E-state index in [1.165, 1.54) is 30.3 Å². The van der Waals surface area contributed by atoms with Crippen LogP contribution in [0.1, 0.15) is 16.7 Å². The number of aryl methyl sites for hydroxylation is 1. The van der Waals surface area contributed by atoms with Gasteiger partial charge in [0.25, 0.3) is 11.6 Å². The molecule has 0 aromatic heterocycles. The first-order valence-corrected chi connectivity index (χ1v) is 7.93. The number of alkyl halides is 3. The van der Waals surface area contributed by atoms with Gasteiger partial charge in [-0.25, -0.2) is 0 Å². The van der Waals surface area contributed by atoms with E-state index >= 15 is 0 Å². The Hall–Kier alpha value is -3.43. The van der Waals surface area contributed by atoms with Crippen molar-refractivity contribution in [3.63, 3.8) is 0 Å². The zero-order valence-corrected chi connectivity index (χ0v) is 14.6. The molecule has 0 aliphatic heterocycles. The normalized spacial score (nSPS) is 11.0. The molecule has 148 valence electrons.